The Morgan fingerprint density at radius 2 is 2.05 bits per heavy atom. The summed E-state index contributed by atoms with van der Waals surface area (Å²) in [5, 5.41) is 2.53. The van der Waals surface area contributed by atoms with E-state index in [1.807, 2.05) is 6.08 Å². The lowest BCUT2D eigenvalue weighted by Gasteiger charge is -2.07. The topological polar surface area (TPSA) is 72.5 Å². The number of nitrogens with one attached hydrogen (secondary N) is 1. The summed E-state index contributed by atoms with van der Waals surface area (Å²) in [7, 11) is 0. The van der Waals surface area contributed by atoms with Gasteiger partial charge in [0.05, 0.1) is 13.0 Å². The van der Waals surface area contributed by atoms with Crippen LogP contribution in [0.4, 0.5) is 0 Å². The van der Waals surface area contributed by atoms with Crippen molar-refractivity contribution in [2.24, 2.45) is 0 Å². The smallest absolute Gasteiger partial charge is 0.328 e. The van der Waals surface area contributed by atoms with E-state index < -0.39 is 17.9 Å². The SMILES string of the molecule is CCCCCC=CCCC(=O)CC(=O)N[C@H]1CCOC1=O. The lowest BCUT2D eigenvalue weighted by atomic mass is 10.1. The number of rotatable bonds is 10. The number of Topliss-reactive ketones (excluding diaryl/α,β-unsaturated/α-hetero) is 1. The molecule has 5 heteroatoms. The lowest BCUT2D eigenvalue weighted by Crippen LogP contribution is -2.38. The fourth-order valence-corrected chi connectivity index (χ4v) is 2.13. The maximum absolute atomic E-state index is 11.6. The second-order valence-corrected chi connectivity index (χ2v) is 5.30. The van der Waals surface area contributed by atoms with Gasteiger partial charge in [-0.25, -0.2) is 4.79 Å². The van der Waals surface area contributed by atoms with E-state index in [0.29, 0.717) is 25.9 Å². The van der Waals surface area contributed by atoms with Crippen molar-refractivity contribution in [3.63, 3.8) is 0 Å². The summed E-state index contributed by atoms with van der Waals surface area (Å²) in [5.74, 6) is -0.904. The molecule has 0 saturated carbocycles. The number of carbonyl (C=O) groups excluding carboxylic acids is 3. The number of carbonyl (C=O) groups is 3. The summed E-state index contributed by atoms with van der Waals surface area (Å²) in [6.45, 7) is 2.50. The Morgan fingerprint density at radius 3 is 2.71 bits per heavy atom. The average Bonchev–Trinajstić information content (AvgIpc) is 2.83. The van der Waals surface area contributed by atoms with Crippen molar-refractivity contribution in [1.82, 2.24) is 5.32 Å². The highest BCUT2D eigenvalue weighted by atomic mass is 16.5. The monoisotopic (exact) mass is 295 g/mol. The van der Waals surface area contributed by atoms with Crippen molar-refractivity contribution in [2.75, 3.05) is 6.61 Å². The van der Waals surface area contributed by atoms with E-state index in [-0.39, 0.29) is 12.2 Å². The van der Waals surface area contributed by atoms with E-state index in [0.717, 1.165) is 6.42 Å². The first-order valence-electron chi connectivity index (χ1n) is 7.76. The molecule has 0 aliphatic carbocycles. The van der Waals surface area contributed by atoms with E-state index in [1.165, 1.54) is 19.3 Å². The zero-order valence-corrected chi connectivity index (χ0v) is 12.7. The van der Waals surface area contributed by atoms with E-state index in [2.05, 4.69) is 18.3 Å². The van der Waals surface area contributed by atoms with Crippen LogP contribution in [0.25, 0.3) is 0 Å². The molecule has 0 bridgehead atoms. The molecule has 21 heavy (non-hydrogen) atoms. The third-order valence-corrected chi connectivity index (χ3v) is 3.36. The van der Waals surface area contributed by atoms with Crippen LogP contribution in [0.1, 0.15) is 58.3 Å². The fourth-order valence-electron chi connectivity index (χ4n) is 2.13. The van der Waals surface area contributed by atoms with Gasteiger partial charge < -0.3 is 10.1 Å². The molecule has 1 rings (SSSR count). The molecule has 0 spiro atoms. The molecule has 1 heterocycles. The average molecular weight is 295 g/mol. The maximum Gasteiger partial charge on any atom is 0.328 e. The predicted molar refractivity (Wildman–Crippen MR) is 79.6 cm³/mol. The summed E-state index contributed by atoms with van der Waals surface area (Å²) in [4.78, 5) is 34.4. The summed E-state index contributed by atoms with van der Waals surface area (Å²) >= 11 is 0. The van der Waals surface area contributed by atoms with Crippen LogP contribution in [0.5, 0.6) is 0 Å². The lowest BCUT2D eigenvalue weighted by molar-refractivity contribution is -0.142. The first-order chi connectivity index (χ1) is 10.1. The van der Waals surface area contributed by atoms with Gasteiger partial charge >= 0.3 is 5.97 Å². The number of hydrogen-bond acceptors (Lipinski definition) is 4. The third kappa shape index (κ3) is 7.63. The summed E-state index contributed by atoms with van der Waals surface area (Å²) in [6.07, 6.45) is 10.1. The summed E-state index contributed by atoms with van der Waals surface area (Å²) in [6, 6.07) is -0.580. The van der Waals surface area contributed by atoms with Crippen molar-refractivity contribution in [1.29, 1.82) is 0 Å². The molecule has 0 unspecified atom stereocenters. The van der Waals surface area contributed by atoms with Crippen LogP contribution < -0.4 is 5.32 Å². The van der Waals surface area contributed by atoms with Crippen molar-refractivity contribution in [3.05, 3.63) is 12.2 Å². The van der Waals surface area contributed by atoms with Crippen molar-refractivity contribution in [3.8, 4) is 0 Å². The van der Waals surface area contributed by atoms with Crippen LogP contribution >= 0.6 is 0 Å². The van der Waals surface area contributed by atoms with Gasteiger partial charge in [-0.05, 0) is 19.3 Å². The highest BCUT2D eigenvalue weighted by molar-refractivity contribution is 5.99. The number of ketones is 1. The first-order valence-corrected chi connectivity index (χ1v) is 7.76. The van der Waals surface area contributed by atoms with Gasteiger partial charge in [0.15, 0.2) is 0 Å². The molecule has 0 aromatic carbocycles. The van der Waals surface area contributed by atoms with Crippen LogP contribution in [-0.2, 0) is 19.1 Å². The van der Waals surface area contributed by atoms with Gasteiger partial charge in [0, 0.05) is 12.8 Å². The van der Waals surface area contributed by atoms with Crippen LogP contribution in [0.15, 0.2) is 12.2 Å². The third-order valence-electron chi connectivity index (χ3n) is 3.36. The van der Waals surface area contributed by atoms with E-state index in [9.17, 15) is 14.4 Å². The summed E-state index contributed by atoms with van der Waals surface area (Å²) < 4.78 is 4.74. The number of ether oxygens (including phenoxy) is 1. The van der Waals surface area contributed by atoms with Crippen molar-refractivity contribution < 1.29 is 19.1 Å². The summed E-state index contributed by atoms with van der Waals surface area (Å²) in [5.41, 5.74) is 0. The van der Waals surface area contributed by atoms with E-state index in [1.54, 1.807) is 0 Å². The van der Waals surface area contributed by atoms with Crippen LogP contribution in [-0.4, -0.2) is 30.3 Å². The minimum atomic E-state index is -0.580. The molecular weight excluding hydrogens is 270 g/mol. The van der Waals surface area contributed by atoms with Crippen LogP contribution in [0.3, 0.4) is 0 Å². The number of hydrogen-bond donors (Lipinski definition) is 1. The highest BCUT2D eigenvalue weighted by Crippen LogP contribution is 2.06. The van der Waals surface area contributed by atoms with Gasteiger partial charge in [-0.15, -0.1) is 0 Å². The van der Waals surface area contributed by atoms with Crippen LogP contribution in [0, 0.1) is 0 Å². The number of cyclic esters (lactones) is 1. The van der Waals surface area contributed by atoms with Crippen molar-refractivity contribution >= 4 is 17.7 Å². The predicted octanol–water partition coefficient (Wildman–Crippen LogP) is 2.29. The van der Waals surface area contributed by atoms with Crippen LogP contribution in [0.2, 0.25) is 0 Å². The second-order valence-electron chi connectivity index (χ2n) is 5.30. The molecule has 1 saturated heterocycles. The molecule has 0 aromatic rings. The Balaban J connectivity index is 2.09. The number of amides is 1. The maximum atomic E-state index is 11.6. The Kier molecular flexibility index (Phi) is 8.40. The van der Waals surface area contributed by atoms with Gasteiger partial charge in [-0.1, -0.05) is 31.9 Å². The quantitative estimate of drug-likeness (QED) is 0.290. The Morgan fingerprint density at radius 1 is 1.29 bits per heavy atom. The zero-order valence-electron chi connectivity index (χ0n) is 12.7. The molecule has 0 radical (unpaired) electrons. The first kappa shape index (κ1) is 17.4. The molecule has 5 nitrogen and oxygen atoms in total. The molecular formula is C16H25NO4. The normalized spacial score (nSPS) is 18.0. The second kappa shape index (κ2) is 10.1. The van der Waals surface area contributed by atoms with E-state index >= 15 is 0 Å². The van der Waals surface area contributed by atoms with Gasteiger partial charge in [0.2, 0.25) is 5.91 Å². The molecule has 1 fully saturated rings. The van der Waals surface area contributed by atoms with Gasteiger partial charge in [-0.3, -0.25) is 9.59 Å². The van der Waals surface area contributed by atoms with Gasteiger partial charge in [0.25, 0.3) is 0 Å². The molecule has 1 N–H and O–H groups in total. The highest BCUT2D eigenvalue weighted by Gasteiger charge is 2.28. The minimum absolute atomic E-state index is 0.0999. The standard InChI is InChI=1S/C16H25NO4/c1-2-3-4-5-6-7-8-9-13(18)12-15(19)17-14-10-11-21-16(14)20/h6-7,14H,2-5,8-12H2,1H3,(H,17,19)/t14-/m0/s1. The zero-order chi connectivity index (χ0) is 15.5. The number of unbranched alkanes of at least 4 members (excludes halogenated alkanes) is 3. The van der Waals surface area contributed by atoms with E-state index in [4.69, 9.17) is 4.74 Å². The van der Waals surface area contributed by atoms with Gasteiger partial charge in [-0.2, -0.15) is 0 Å². The molecule has 1 atom stereocenters. The van der Waals surface area contributed by atoms with Gasteiger partial charge in [0.1, 0.15) is 11.8 Å². The number of allylic oxidation sites excluding steroid dienone is 2. The molecule has 118 valence electrons. The largest absolute Gasteiger partial charge is 0.464 e. The minimum Gasteiger partial charge on any atom is -0.464 e. The molecule has 0 aromatic heterocycles. The van der Waals surface area contributed by atoms with Crippen molar-refractivity contribution in [2.45, 2.75) is 64.3 Å². The molecule has 1 aliphatic heterocycles. The molecule has 1 aliphatic rings. The Labute approximate surface area is 126 Å². The molecule has 1 amide bonds. The fraction of sp³-hybridized carbons (Fsp3) is 0.688. The Hall–Kier alpha value is -1.65. The Bertz CT molecular complexity index is 390. The number of esters is 1.